The van der Waals surface area contributed by atoms with Gasteiger partial charge in [0.15, 0.2) is 5.58 Å². The van der Waals surface area contributed by atoms with Crippen LogP contribution in [0.15, 0.2) is 130 Å². The van der Waals surface area contributed by atoms with E-state index in [1.165, 1.54) is 22.5 Å². The Bertz CT molecular complexity index is 2350. The Morgan fingerprint density at radius 2 is 1.40 bits per heavy atom. The lowest BCUT2D eigenvalue weighted by Crippen LogP contribution is -2.43. The molecular formula is C36H21N2O2+. The molecule has 3 aliphatic rings. The molecule has 1 unspecified atom stereocenters. The molecule has 4 nitrogen and oxygen atoms in total. The van der Waals surface area contributed by atoms with Crippen molar-refractivity contribution in [2.75, 3.05) is 4.90 Å². The molecule has 0 saturated carbocycles. The summed E-state index contributed by atoms with van der Waals surface area (Å²) in [5.41, 5.74) is 12.0. The molecule has 0 bridgehead atoms. The number of furan rings is 2. The van der Waals surface area contributed by atoms with Crippen molar-refractivity contribution in [3.05, 3.63) is 127 Å². The highest BCUT2D eigenvalue weighted by molar-refractivity contribution is 6.24. The minimum atomic E-state index is 0.0468. The summed E-state index contributed by atoms with van der Waals surface area (Å²) in [5, 5.41) is 4.57. The van der Waals surface area contributed by atoms with Crippen molar-refractivity contribution in [2.45, 2.75) is 6.04 Å². The summed E-state index contributed by atoms with van der Waals surface area (Å²) in [4.78, 5) is 2.49. The summed E-state index contributed by atoms with van der Waals surface area (Å²) < 4.78 is 15.2. The maximum atomic E-state index is 6.58. The van der Waals surface area contributed by atoms with Gasteiger partial charge in [-0.25, -0.2) is 0 Å². The van der Waals surface area contributed by atoms with Gasteiger partial charge in [-0.15, -0.1) is 0 Å². The second-order valence-corrected chi connectivity index (χ2v) is 10.7. The summed E-state index contributed by atoms with van der Waals surface area (Å²) in [6.07, 6.45) is 6.71. The first-order valence-corrected chi connectivity index (χ1v) is 13.6. The number of hydrogen-bond acceptors (Lipinski definition) is 3. The Kier molecular flexibility index (Phi) is 3.70. The van der Waals surface area contributed by atoms with E-state index in [4.69, 9.17) is 8.83 Å². The average Bonchev–Trinajstić information content (AvgIpc) is 3.67. The number of fused-ring (bicyclic) bond motifs is 12. The molecule has 40 heavy (non-hydrogen) atoms. The van der Waals surface area contributed by atoms with Crippen molar-refractivity contribution < 1.29 is 8.83 Å². The van der Waals surface area contributed by atoms with Gasteiger partial charge in [0.25, 0.3) is 0 Å². The van der Waals surface area contributed by atoms with E-state index in [1.807, 2.05) is 18.2 Å². The van der Waals surface area contributed by atoms with Gasteiger partial charge in [0.2, 0.25) is 17.1 Å². The number of para-hydroxylation sites is 4. The lowest BCUT2D eigenvalue weighted by atomic mass is 9.92. The Labute approximate surface area is 229 Å². The molecule has 2 aliphatic heterocycles. The monoisotopic (exact) mass is 513 g/mol. The van der Waals surface area contributed by atoms with Crippen molar-refractivity contribution in [1.82, 2.24) is 4.58 Å². The molecule has 1 atom stereocenters. The number of anilines is 2. The number of hydrogen-bond donors (Lipinski definition) is 0. The Morgan fingerprint density at radius 1 is 0.650 bits per heavy atom. The van der Waals surface area contributed by atoms with Gasteiger partial charge in [0, 0.05) is 51.4 Å². The first-order chi connectivity index (χ1) is 19.8. The zero-order valence-corrected chi connectivity index (χ0v) is 21.3. The first-order valence-electron chi connectivity index (χ1n) is 13.6. The van der Waals surface area contributed by atoms with Crippen LogP contribution in [0, 0.1) is 0 Å². The van der Waals surface area contributed by atoms with Crippen molar-refractivity contribution in [3.63, 3.8) is 0 Å². The third-order valence-corrected chi connectivity index (χ3v) is 8.71. The van der Waals surface area contributed by atoms with Crippen LogP contribution in [0.25, 0.3) is 49.5 Å². The molecule has 5 aromatic carbocycles. The number of rotatable bonds is 1. The van der Waals surface area contributed by atoms with Crippen molar-refractivity contribution in [3.8, 4) is 0 Å². The van der Waals surface area contributed by atoms with Crippen molar-refractivity contribution in [2.24, 2.45) is 0 Å². The SMILES string of the molecule is C1=CC2=[N+](c3ccc4oc5ccccc5c4c3)c3ccccc3N3c4c(ccc5c4oc4ccccc45)C(=C1)C23. The maximum absolute atomic E-state index is 6.58. The average molecular weight is 514 g/mol. The molecule has 4 heterocycles. The lowest BCUT2D eigenvalue weighted by Gasteiger charge is -2.32. The van der Waals surface area contributed by atoms with E-state index in [9.17, 15) is 0 Å². The molecule has 0 N–H and O–H groups in total. The fourth-order valence-corrected chi connectivity index (χ4v) is 7.07. The van der Waals surface area contributed by atoms with Gasteiger partial charge in [-0.3, -0.25) is 0 Å². The van der Waals surface area contributed by atoms with E-state index < -0.39 is 0 Å². The maximum Gasteiger partial charge on any atom is 0.235 e. The molecule has 0 fully saturated rings. The molecule has 1 aliphatic carbocycles. The van der Waals surface area contributed by atoms with Crippen LogP contribution in [-0.2, 0) is 0 Å². The molecule has 7 aromatic rings. The van der Waals surface area contributed by atoms with Crippen molar-refractivity contribution in [1.29, 1.82) is 0 Å². The van der Waals surface area contributed by atoms with E-state index in [-0.39, 0.29) is 6.04 Å². The van der Waals surface area contributed by atoms with Gasteiger partial charge < -0.3 is 13.7 Å². The Morgan fingerprint density at radius 3 is 2.30 bits per heavy atom. The normalized spacial score (nSPS) is 17.1. The number of allylic oxidation sites excluding steroid dienone is 2. The van der Waals surface area contributed by atoms with Crippen LogP contribution in [0.1, 0.15) is 5.56 Å². The molecule has 0 saturated heterocycles. The molecule has 4 heteroatoms. The van der Waals surface area contributed by atoms with Gasteiger partial charge in [-0.2, -0.15) is 4.58 Å². The Balaban J connectivity index is 1.28. The van der Waals surface area contributed by atoms with E-state index in [2.05, 4.69) is 113 Å². The third-order valence-electron chi connectivity index (χ3n) is 8.71. The molecule has 186 valence electrons. The molecule has 2 aromatic heterocycles. The molecule has 0 radical (unpaired) electrons. The van der Waals surface area contributed by atoms with Gasteiger partial charge in [0.1, 0.15) is 28.5 Å². The topological polar surface area (TPSA) is 32.5 Å². The highest BCUT2D eigenvalue weighted by Crippen LogP contribution is 2.55. The van der Waals surface area contributed by atoms with Crippen LogP contribution in [0.2, 0.25) is 0 Å². The van der Waals surface area contributed by atoms with Crippen LogP contribution >= 0.6 is 0 Å². The predicted molar refractivity (Wildman–Crippen MR) is 163 cm³/mol. The van der Waals surface area contributed by atoms with Crippen molar-refractivity contribution >= 4 is 77.9 Å². The second kappa shape index (κ2) is 7.19. The van der Waals surface area contributed by atoms with E-state index in [0.29, 0.717) is 0 Å². The van der Waals surface area contributed by atoms with Gasteiger partial charge >= 0.3 is 0 Å². The summed E-state index contributed by atoms with van der Waals surface area (Å²) in [5.74, 6) is 0. The molecule has 0 spiro atoms. The lowest BCUT2D eigenvalue weighted by molar-refractivity contribution is 0.668. The van der Waals surface area contributed by atoms with Gasteiger partial charge in [-0.05, 0) is 35.9 Å². The van der Waals surface area contributed by atoms with Crippen LogP contribution in [0.5, 0.6) is 0 Å². The summed E-state index contributed by atoms with van der Waals surface area (Å²) >= 11 is 0. The quantitative estimate of drug-likeness (QED) is 0.205. The van der Waals surface area contributed by atoms with Gasteiger partial charge in [0.05, 0.1) is 5.69 Å². The second-order valence-electron chi connectivity index (χ2n) is 10.7. The van der Waals surface area contributed by atoms with E-state index in [0.717, 1.165) is 60.9 Å². The molecule has 10 rings (SSSR count). The first kappa shape index (κ1) is 20.6. The standard InChI is InChI=1S/C36H21N2O2/c1-6-15-32-22(8-1)26-18-17-25-24-10-7-13-30-34(24)38(35(25)36(26)40-32)29-12-4-3-11-28(29)37(30)21-16-19-33-27(20-21)23-9-2-5-14-31(23)39-33/h1-20,34H/q+1. The zero-order chi connectivity index (χ0) is 25.9. The van der Waals surface area contributed by atoms with Gasteiger partial charge in [-0.1, -0.05) is 66.7 Å². The minimum absolute atomic E-state index is 0.0468. The Hall–Kier alpha value is -5.35. The molecular weight excluding hydrogens is 492 g/mol. The largest absolute Gasteiger partial charge is 0.456 e. The summed E-state index contributed by atoms with van der Waals surface area (Å²) in [6, 6.07) is 36.4. The number of nitrogens with zero attached hydrogens (tertiary/aromatic N) is 2. The van der Waals surface area contributed by atoms with Crippen LogP contribution in [-0.4, -0.2) is 11.8 Å². The third kappa shape index (κ3) is 2.45. The fourth-order valence-electron chi connectivity index (χ4n) is 7.07. The van der Waals surface area contributed by atoms with Crippen LogP contribution in [0.4, 0.5) is 22.7 Å². The van der Waals surface area contributed by atoms with Crippen LogP contribution in [0.3, 0.4) is 0 Å². The van der Waals surface area contributed by atoms with Crippen LogP contribution < -0.4 is 9.48 Å². The highest BCUT2D eigenvalue weighted by Gasteiger charge is 2.49. The summed E-state index contributed by atoms with van der Waals surface area (Å²) in [6.45, 7) is 0. The predicted octanol–water partition coefficient (Wildman–Crippen LogP) is 9.25. The van der Waals surface area contributed by atoms with E-state index in [1.54, 1.807) is 0 Å². The minimum Gasteiger partial charge on any atom is -0.456 e. The molecule has 0 amide bonds. The smallest absolute Gasteiger partial charge is 0.235 e. The fraction of sp³-hybridized carbons (Fsp3) is 0.0278. The zero-order valence-electron chi connectivity index (χ0n) is 21.3. The summed E-state index contributed by atoms with van der Waals surface area (Å²) in [7, 11) is 0. The number of benzene rings is 5. The van der Waals surface area contributed by atoms with E-state index >= 15 is 0 Å². The highest BCUT2D eigenvalue weighted by atomic mass is 16.3.